The first-order valence-electron chi connectivity index (χ1n) is 3.88. The van der Waals surface area contributed by atoms with Crippen molar-refractivity contribution in [3.05, 3.63) is 35.5 Å². The molecule has 0 bridgehead atoms. The van der Waals surface area contributed by atoms with E-state index in [1.54, 1.807) is 0 Å². The van der Waals surface area contributed by atoms with E-state index in [4.69, 9.17) is 0 Å². The largest absolute Gasteiger partial charge is 0.389 e. The summed E-state index contributed by atoms with van der Waals surface area (Å²) in [7, 11) is 0. The van der Waals surface area contributed by atoms with Crippen molar-refractivity contribution in [2.45, 2.75) is 6.42 Å². The third kappa shape index (κ3) is 2.18. The van der Waals surface area contributed by atoms with E-state index >= 15 is 0 Å². The molecule has 86 valence electrons. The second kappa shape index (κ2) is 4.30. The van der Waals surface area contributed by atoms with E-state index in [9.17, 15) is 27.2 Å². The molecule has 0 unspecified atom stereocenters. The SMILES string of the molecule is C=C(F)/C(F)=C(F)\C(F)=C1/CC(=O)OC1=O. The van der Waals surface area contributed by atoms with Crippen LogP contribution in [0.5, 0.6) is 0 Å². The van der Waals surface area contributed by atoms with Crippen LogP contribution in [0.1, 0.15) is 6.42 Å². The summed E-state index contributed by atoms with van der Waals surface area (Å²) in [6, 6.07) is 0. The van der Waals surface area contributed by atoms with Gasteiger partial charge in [-0.05, 0) is 0 Å². The number of carbonyl (C=O) groups excluding carboxylic acids is 2. The lowest BCUT2D eigenvalue weighted by Crippen LogP contribution is -1.99. The fourth-order valence-corrected chi connectivity index (χ4v) is 0.933. The summed E-state index contributed by atoms with van der Waals surface area (Å²) in [5.74, 6) is -10.7. The van der Waals surface area contributed by atoms with E-state index in [0.717, 1.165) is 0 Å². The second-order valence-corrected chi connectivity index (χ2v) is 2.76. The molecule has 1 saturated heterocycles. The lowest BCUT2D eigenvalue weighted by Gasteiger charge is -1.97. The summed E-state index contributed by atoms with van der Waals surface area (Å²) >= 11 is 0. The van der Waals surface area contributed by atoms with Crippen LogP contribution in [0.3, 0.4) is 0 Å². The molecule has 16 heavy (non-hydrogen) atoms. The van der Waals surface area contributed by atoms with Gasteiger partial charge in [-0.3, -0.25) is 4.79 Å². The number of allylic oxidation sites excluding steroid dienone is 4. The molecule has 1 aliphatic rings. The van der Waals surface area contributed by atoms with Gasteiger partial charge in [0, 0.05) is 0 Å². The summed E-state index contributed by atoms with van der Waals surface area (Å²) in [6.07, 6.45) is -0.829. The van der Waals surface area contributed by atoms with Crippen molar-refractivity contribution in [2.75, 3.05) is 0 Å². The van der Waals surface area contributed by atoms with Gasteiger partial charge in [0.1, 0.15) is 0 Å². The molecule has 0 aromatic heterocycles. The van der Waals surface area contributed by atoms with E-state index in [2.05, 4.69) is 11.3 Å². The minimum atomic E-state index is -2.23. The van der Waals surface area contributed by atoms with Gasteiger partial charge in [0.2, 0.25) is 0 Å². The Morgan fingerprint density at radius 2 is 1.69 bits per heavy atom. The summed E-state index contributed by atoms with van der Waals surface area (Å²) < 4.78 is 54.5. The molecule has 3 nitrogen and oxygen atoms in total. The fourth-order valence-electron chi connectivity index (χ4n) is 0.933. The summed E-state index contributed by atoms with van der Waals surface area (Å²) in [6.45, 7) is 2.41. The number of ether oxygens (including phenoxy) is 1. The Bertz CT molecular complexity index is 448. The Kier molecular flexibility index (Phi) is 3.26. The molecule has 0 aromatic rings. The standard InChI is InChI=1S/C9H4F4O3/c1-3(10)6(11)8(13)7(12)4-2-5(14)16-9(4)15/h1-2H2/b7-4-,8-6-. The smallest absolute Gasteiger partial charge is 0.345 e. The van der Waals surface area contributed by atoms with Crippen LogP contribution in [0.4, 0.5) is 17.6 Å². The monoisotopic (exact) mass is 236 g/mol. The second-order valence-electron chi connectivity index (χ2n) is 2.76. The molecular weight excluding hydrogens is 232 g/mol. The first kappa shape index (κ1) is 12.2. The van der Waals surface area contributed by atoms with Crippen molar-refractivity contribution in [1.82, 2.24) is 0 Å². The number of hydrogen-bond donors (Lipinski definition) is 0. The maximum atomic E-state index is 13.1. The van der Waals surface area contributed by atoms with Crippen LogP contribution >= 0.6 is 0 Å². The highest BCUT2D eigenvalue weighted by Gasteiger charge is 2.33. The molecule has 1 rings (SSSR count). The van der Waals surface area contributed by atoms with Gasteiger partial charge in [-0.15, -0.1) is 0 Å². The van der Waals surface area contributed by atoms with Crippen molar-refractivity contribution in [2.24, 2.45) is 0 Å². The zero-order valence-corrected chi connectivity index (χ0v) is 7.65. The Morgan fingerprint density at radius 3 is 2.06 bits per heavy atom. The molecule has 0 saturated carbocycles. The molecule has 0 N–H and O–H groups in total. The van der Waals surface area contributed by atoms with Gasteiger partial charge < -0.3 is 4.74 Å². The van der Waals surface area contributed by atoms with E-state index in [1.165, 1.54) is 0 Å². The average Bonchev–Trinajstić information content (AvgIpc) is 2.54. The topological polar surface area (TPSA) is 43.4 Å². The summed E-state index contributed by atoms with van der Waals surface area (Å²) in [4.78, 5) is 21.3. The Hall–Kier alpha value is -1.92. The van der Waals surface area contributed by atoms with Crippen molar-refractivity contribution in [3.8, 4) is 0 Å². The van der Waals surface area contributed by atoms with E-state index < -0.39 is 47.2 Å². The quantitative estimate of drug-likeness (QED) is 0.243. The van der Waals surface area contributed by atoms with Gasteiger partial charge in [0.05, 0.1) is 12.0 Å². The molecule has 1 fully saturated rings. The molecular formula is C9H4F4O3. The highest BCUT2D eigenvalue weighted by Crippen LogP contribution is 2.30. The van der Waals surface area contributed by atoms with Crippen molar-refractivity contribution >= 4 is 11.9 Å². The van der Waals surface area contributed by atoms with Gasteiger partial charge in [-0.1, -0.05) is 6.58 Å². The van der Waals surface area contributed by atoms with Crippen molar-refractivity contribution in [3.63, 3.8) is 0 Å². The highest BCUT2D eigenvalue weighted by molar-refractivity contribution is 6.06. The van der Waals surface area contributed by atoms with E-state index in [1.807, 2.05) is 0 Å². The Balaban J connectivity index is 3.20. The predicted molar refractivity (Wildman–Crippen MR) is 43.3 cm³/mol. The molecule has 0 spiro atoms. The highest BCUT2D eigenvalue weighted by atomic mass is 19.2. The predicted octanol–water partition coefficient (Wildman–Crippen LogP) is 2.32. The van der Waals surface area contributed by atoms with Crippen molar-refractivity contribution in [1.29, 1.82) is 0 Å². The zero-order valence-electron chi connectivity index (χ0n) is 7.65. The molecule has 0 aliphatic carbocycles. The third-order valence-electron chi connectivity index (χ3n) is 1.66. The first-order valence-corrected chi connectivity index (χ1v) is 3.88. The number of esters is 2. The summed E-state index contributed by atoms with van der Waals surface area (Å²) in [5.41, 5.74) is -0.987. The molecule has 0 aromatic carbocycles. The third-order valence-corrected chi connectivity index (χ3v) is 1.66. The van der Waals surface area contributed by atoms with Crippen LogP contribution in [0.2, 0.25) is 0 Å². The van der Waals surface area contributed by atoms with E-state index in [0.29, 0.717) is 0 Å². The number of hydrogen-bond acceptors (Lipinski definition) is 3. The van der Waals surface area contributed by atoms with Gasteiger partial charge in [0.15, 0.2) is 23.3 Å². The molecule has 0 atom stereocenters. The number of halogens is 4. The van der Waals surface area contributed by atoms with Crippen LogP contribution in [0.15, 0.2) is 35.5 Å². The van der Waals surface area contributed by atoms with Gasteiger partial charge in [0.25, 0.3) is 0 Å². The van der Waals surface area contributed by atoms with Gasteiger partial charge in [-0.25, -0.2) is 22.4 Å². The van der Waals surface area contributed by atoms with Crippen LogP contribution in [0.25, 0.3) is 0 Å². The lowest BCUT2D eigenvalue weighted by molar-refractivity contribution is -0.151. The van der Waals surface area contributed by atoms with Crippen LogP contribution in [-0.4, -0.2) is 11.9 Å². The fraction of sp³-hybridized carbons (Fsp3) is 0.111. The number of cyclic esters (lactones) is 2. The minimum absolute atomic E-state index is 0.829. The minimum Gasteiger partial charge on any atom is -0.389 e. The average molecular weight is 236 g/mol. The Labute approximate surface area is 86.7 Å². The Morgan fingerprint density at radius 1 is 1.12 bits per heavy atom. The number of rotatable bonds is 2. The van der Waals surface area contributed by atoms with Crippen LogP contribution in [-0.2, 0) is 14.3 Å². The van der Waals surface area contributed by atoms with E-state index in [-0.39, 0.29) is 0 Å². The van der Waals surface area contributed by atoms with Crippen LogP contribution in [0, 0.1) is 0 Å². The molecule has 1 heterocycles. The van der Waals surface area contributed by atoms with Crippen LogP contribution < -0.4 is 0 Å². The zero-order chi connectivity index (χ0) is 12.5. The number of carbonyl (C=O) groups is 2. The van der Waals surface area contributed by atoms with Crippen molar-refractivity contribution < 1.29 is 31.9 Å². The molecule has 7 heteroatoms. The van der Waals surface area contributed by atoms with Gasteiger partial charge in [-0.2, -0.15) is 0 Å². The molecule has 1 aliphatic heterocycles. The lowest BCUT2D eigenvalue weighted by atomic mass is 10.2. The van der Waals surface area contributed by atoms with Gasteiger partial charge >= 0.3 is 11.9 Å². The molecule has 0 amide bonds. The molecule has 0 radical (unpaired) electrons. The normalized spacial score (nSPS) is 20.5. The summed E-state index contributed by atoms with van der Waals surface area (Å²) in [5, 5.41) is 0. The maximum Gasteiger partial charge on any atom is 0.345 e. The maximum absolute atomic E-state index is 13.1. The first-order chi connectivity index (χ1) is 7.34.